The average Bonchev–Trinajstić information content (AvgIpc) is 2.34. The quantitative estimate of drug-likeness (QED) is 0.529. The van der Waals surface area contributed by atoms with Crippen LogP contribution < -0.4 is 0 Å². The van der Waals surface area contributed by atoms with Crippen LogP contribution in [-0.4, -0.2) is 0 Å². The Kier molecular flexibility index (Phi) is 5.37. The topological polar surface area (TPSA) is 0 Å². The van der Waals surface area contributed by atoms with Gasteiger partial charge in [0.05, 0.1) is 0 Å². The maximum absolute atomic E-state index is 3.22. The van der Waals surface area contributed by atoms with Crippen LogP contribution >= 0.6 is 23.3 Å². The van der Waals surface area contributed by atoms with Crippen LogP contribution in [-0.2, 0) is 0 Å². The normalized spacial score (nSPS) is 9.00. The third kappa shape index (κ3) is 3.65. The Morgan fingerprint density at radius 3 is 1.67 bits per heavy atom. The van der Waals surface area contributed by atoms with Gasteiger partial charge in [0.15, 0.2) is 0 Å². The Bertz CT molecular complexity index is 379. The maximum atomic E-state index is 3.22. The van der Waals surface area contributed by atoms with Crippen LogP contribution in [0.15, 0.2) is 54.6 Å². The second-order valence-electron chi connectivity index (χ2n) is 3.23. The number of benzene rings is 2. The van der Waals surface area contributed by atoms with Crippen molar-refractivity contribution in [3.8, 4) is 11.1 Å². The van der Waals surface area contributed by atoms with Crippen LogP contribution in [0.25, 0.3) is 11.1 Å². The minimum atomic E-state index is 1.28. The monoisotopic (exact) mass is 234 g/mol. The fourth-order valence-electron chi connectivity index (χ4n) is 1.38. The molecule has 0 atom stereocenters. The van der Waals surface area contributed by atoms with Crippen molar-refractivity contribution in [3.05, 3.63) is 60.2 Å². The van der Waals surface area contributed by atoms with E-state index in [1.54, 1.807) is 0 Å². The maximum Gasteiger partial charge on any atom is -0.0184 e. The smallest absolute Gasteiger partial charge is 0.0184 e. The zero-order chi connectivity index (χ0) is 11.1. The SMILES string of the molecule is Cc1ccc(-c2ccccc2)cc1.SS. The zero-order valence-electron chi connectivity index (χ0n) is 8.59. The molecule has 0 aliphatic rings. The summed E-state index contributed by atoms with van der Waals surface area (Å²) in [6.07, 6.45) is 0. The van der Waals surface area contributed by atoms with Gasteiger partial charge in [0.2, 0.25) is 0 Å². The van der Waals surface area contributed by atoms with E-state index in [1.165, 1.54) is 16.7 Å². The van der Waals surface area contributed by atoms with Crippen LogP contribution in [0.4, 0.5) is 0 Å². The first-order chi connectivity index (χ1) is 7.36. The molecule has 0 saturated heterocycles. The Labute approximate surface area is 102 Å². The van der Waals surface area contributed by atoms with Gasteiger partial charge in [-0.25, -0.2) is 0 Å². The highest BCUT2D eigenvalue weighted by Crippen LogP contribution is 2.18. The molecule has 78 valence electrons. The number of thiol groups is 2. The van der Waals surface area contributed by atoms with E-state index in [-0.39, 0.29) is 0 Å². The summed E-state index contributed by atoms with van der Waals surface area (Å²) in [6.45, 7) is 2.11. The van der Waals surface area contributed by atoms with Crippen molar-refractivity contribution in [3.63, 3.8) is 0 Å². The van der Waals surface area contributed by atoms with E-state index in [0.29, 0.717) is 0 Å². The highest BCUT2D eigenvalue weighted by Gasteiger charge is 1.93. The molecular weight excluding hydrogens is 220 g/mol. The van der Waals surface area contributed by atoms with Crippen LogP contribution in [0, 0.1) is 6.92 Å². The number of hydrogen-bond acceptors (Lipinski definition) is 2. The first-order valence-electron chi connectivity index (χ1n) is 4.68. The van der Waals surface area contributed by atoms with Crippen molar-refractivity contribution in [2.45, 2.75) is 6.92 Å². The molecule has 0 N–H and O–H groups in total. The van der Waals surface area contributed by atoms with E-state index in [0.717, 1.165) is 0 Å². The van der Waals surface area contributed by atoms with Gasteiger partial charge in [-0.15, -0.1) is 23.3 Å². The summed E-state index contributed by atoms with van der Waals surface area (Å²) >= 11 is 6.44. The van der Waals surface area contributed by atoms with Crippen molar-refractivity contribution in [2.75, 3.05) is 0 Å². The van der Waals surface area contributed by atoms with E-state index in [1.807, 2.05) is 6.07 Å². The summed E-state index contributed by atoms with van der Waals surface area (Å²) in [4.78, 5) is 0. The number of rotatable bonds is 1. The van der Waals surface area contributed by atoms with E-state index < -0.39 is 0 Å². The lowest BCUT2D eigenvalue weighted by Gasteiger charge is -2.00. The van der Waals surface area contributed by atoms with Gasteiger partial charge >= 0.3 is 0 Å². The van der Waals surface area contributed by atoms with Gasteiger partial charge in [-0.05, 0) is 18.1 Å². The molecule has 2 aromatic rings. The minimum Gasteiger partial charge on any atom is -0.115 e. The van der Waals surface area contributed by atoms with E-state index in [2.05, 4.69) is 78.8 Å². The Morgan fingerprint density at radius 2 is 1.13 bits per heavy atom. The Morgan fingerprint density at radius 1 is 0.667 bits per heavy atom. The first kappa shape index (κ1) is 12.2. The zero-order valence-corrected chi connectivity index (χ0v) is 10.4. The molecule has 2 heteroatoms. The summed E-state index contributed by atoms with van der Waals surface area (Å²) in [5.74, 6) is 0. The van der Waals surface area contributed by atoms with Gasteiger partial charge in [0.25, 0.3) is 0 Å². The minimum absolute atomic E-state index is 1.28. The van der Waals surface area contributed by atoms with E-state index in [9.17, 15) is 0 Å². The molecule has 2 aromatic carbocycles. The molecular formula is C13H14S2. The summed E-state index contributed by atoms with van der Waals surface area (Å²) in [5, 5.41) is 0. The molecule has 0 amide bonds. The molecule has 0 radical (unpaired) electrons. The lowest BCUT2D eigenvalue weighted by Crippen LogP contribution is -1.76. The van der Waals surface area contributed by atoms with Crippen LogP contribution in [0.1, 0.15) is 5.56 Å². The van der Waals surface area contributed by atoms with Gasteiger partial charge in [-0.1, -0.05) is 60.2 Å². The molecule has 15 heavy (non-hydrogen) atoms. The van der Waals surface area contributed by atoms with Gasteiger partial charge in [-0.3, -0.25) is 0 Å². The van der Waals surface area contributed by atoms with E-state index in [4.69, 9.17) is 0 Å². The summed E-state index contributed by atoms with van der Waals surface area (Å²) in [5.41, 5.74) is 3.87. The van der Waals surface area contributed by atoms with Crippen molar-refractivity contribution >= 4 is 23.3 Å². The van der Waals surface area contributed by atoms with Gasteiger partial charge in [-0.2, -0.15) is 0 Å². The highest BCUT2D eigenvalue weighted by molar-refractivity contribution is 8.59. The van der Waals surface area contributed by atoms with Crippen molar-refractivity contribution < 1.29 is 0 Å². The van der Waals surface area contributed by atoms with Crippen LogP contribution in [0.2, 0.25) is 0 Å². The molecule has 0 heterocycles. The van der Waals surface area contributed by atoms with E-state index >= 15 is 0 Å². The summed E-state index contributed by atoms with van der Waals surface area (Å²) in [6, 6.07) is 19.0. The summed E-state index contributed by atoms with van der Waals surface area (Å²) < 4.78 is 0. The number of hydrogen-bond donors (Lipinski definition) is 2. The first-order valence-corrected chi connectivity index (χ1v) is 6.28. The van der Waals surface area contributed by atoms with Crippen molar-refractivity contribution in [1.29, 1.82) is 0 Å². The third-order valence-electron chi connectivity index (χ3n) is 2.16. The molecule has 0 aliphatic heterocycles. The molecule has 0 saturated carbocycles. The lowest BCUT2D eigenvalue weighted by atomic mass is 10.0. The highest BCUT2D eigenvalue weighted by atomic mass is 33.1. The Hall–Kier alpha value is -0.860. The molecule has 0 aliphatic carbocycles. The predicted molar refractivity (Wildman–Crippen MR) is 74.6 cm³/mol. The van der Waals surface area contributed by atoms with Crippen molar-refractivity contribution in [1.82, 2.24) is 0 Å². The van der Waals surface area contributed by atoms with Gasteiger partial charge in [0, 0.05) is 0 Å². The molecule has 0 nitrogen and oxygen atoms in total. The fraction of sp³-hybridized carbons (Fsp3) is 0.0769. The largest absolute Gasteiger partial charge is 0.115 e. The van der Waals surface area contributed by atoms with Crippen LogP contribution in [0.5, 0.6) is 0 Å². The molecule has 0 spiro atoms. The Balaban J connectivity index is 0.000000531. The second-order valence-corrected chi connectivity index (χ2v) is 3.23. The third-order valence-corrected chi connectivity index (χ3v) is 2.16. The molecule has 0 aromatic heterocycles. The second kappa shape index (κ2) is 6.59. The molecule has 0 fully saturated rings. The lowest BCUT2D eigenvalue weighted by molar-refractivity contribution is 1.47. The fourth-order valence-corrected chi connectivity index (χ4v) is 1.38. The van der Waals surface area contributed by atoms with Crippen molar-refractivity contribution in [2.24, 2.45) is 0 Å². The standard InChI is InChI=1S/C13H12.H2S2/c1-11-7-9-13(10-8-11)12-5-3-2-4-6-12;1-2/h2-10H,1H3;1-2H. The average molecular weight is 234 g/mol. The molecule has 0 unspecified atom stereocenters. The van der Waals surface area contributed by atoms with Gasteiger partial charge < -0.3 is 0 Å². The number of aryl methyl sites for hydroxylation is 1. The molecule has 2 rings (SSSR count). The summed E-state index contributed by atoms with van der Waals surface area (Å²) in [7, 11) is 0. The predicted octanol–water partition coefficient (Wildman–Crippen LogP) is 4.42. The molecule has 0 bridgehead atoms. The van der Waals surface area contributed by atoms with Crippen LogP contribution in [0.3, 0.4) is 0 Å². The van der Waals surface area contributed by atoms with Gasteiger partial charge in [0.1, 0.15) is 0 Å².